The van der Waals surface area contributed by atoms with Gasteiger partial charge in [0.15, 0.2) is 6.10 Å². The van der Waals surface area contributed by atoms with Crippen molar-refractivity contribution >= 4 is 17.9 Å². The van der Waals surface area contributed by atoms with Crippen molar-refractivity contribution in [2.24, 2.45) is 0 Å². The lowest BCUT2D eigenvalue weighted by Gasteiger charge is -2.25. The average molecular weight is 1160 g/mol. The van der Waals surface area contributed by atoms with Gasteiger partial charge in [-0.25, -0.2) is 4.79 Å². The zero-order valence-electron chi connectivity index (χ0n) is 55.2. The lowest BCUT2D eigenvalue weighted by atomic mass is 10.0. The van der Waals surface area contributed by atoms with Gasteiger partial charge in [-0.05, 0) is 51.4 Å². The molecule has 1 N–H and O–H groups in total. The van der Waals surface area contributed by atoms with Crippen molar-refractivity contribution in [2.45, 2.75) is 367 Å². The summed E-state index contributed by atoms with van der Waals surface area (Å²) < 4.78 is 23.0. The van der Waals surface area contributed by atoms with E-state index in [0.717, 1.165) is 51.4 Å². The number of carbonyl (C=O) groups is 3. The highest BCUT2D eigenvalue weighted by atomic mass is 16.7. The molecule has 2 atom stereocenters. The largest absolute Gasteiger partial charge is 0.477 e. The minimum absolute atomic E-state index is 0.176. The van der Waals surface area contributed by atoms with E-state index in [9.17, 15) is 19.5 Å². The van der Waals surface area contributed by atoms with Crippen LogP contribution < -0.4 is 0 Å². The quantitative estimate of drug-likeness (QED) is 0.0211. The molecule has 9 heteroatoms. The highest BCUT2D eigenvalue weighted by Crippen LogP contribution is 2.19. The van der Waals surface area contributed by atoms with Gasteiger partial charge in [0.1, 0.15) is 13.2 Å². The molecule has 0 spiro atoms. The predicted molar refractivity (Wildman–Crippen MR) is 351 cm³/mol. The van der Waals surface area contributed by atoms with Gasteiger partial charge in [0, 0.05) is 12.8 Å². The first-order chi connectivity index (χ1) is 40.1. The number of nitrogens with zero attached hydrogens (tertiary/aromatic N) is 1. The van der Waals surface area contributed by atoms with Gasteiger partial charge in [0.25, 0.3) is 6.29 Å². The van der Waals surface area contributed by atoms with E-state index in [2.05, 4.69) is 50.3 Å². The Bertz CT molecular complexity index is 1440. The van der Waals surface area contributed by atoms with E-state index >= 15 is 0 Å². The summed E-state index contributed by atoms with van der Waals surface area (Å²) in [5.41, 5.74) is 0. The van der Waals surface area contributed by atoms with Crippen molar-refractivity contribution in [2.75, 3.05) is 47.5 Å². The fourth-order valence-corrected chi connectivity index (χ4v) is 10.7. The molecular formula is C73H138NO8+. The number of aliphatic carboxylic acids is 1. The minimum atomic E-state index is -1.51. The van der Waals surface area contributed by atoms with Crippen LogP contribution in [-0.4, -0.2) is 87.4 Å². The molecule has 0 heterocycles. The van der Waals surface area contributed by atoms with Crippen molar-refractivity contribution in [1.82, 2.24) is 0 Å². The Morgan fingerprint density at radius 3 is 0.976 bits per heavy atom. The van der Waals surface area contributed by atoms with Gasteiger partial charge in [0.05, 0.1) is 34.4 Å². The topological polar surface area (TPSA) is 108 Å². The van der Waals surface area contributed by atoms with Crippen LogP contribution in [0.25, 0.3) is 0 Å². The van der Waals surface area contributed by atoms with Crippen LogP contribution in [0.5, 0.6) is 0 Å². The minimum Gasteiger partial charge on any atom is -0.477 e. The Hall–Kier alpha value is -2.49. The molecule has 0 aromatic heterocycles. The lowest BCUT2D eigenvalue weighted by molar-refractivity contribution is -0.870. The van der Waals surface area contributed by atoms with Crippen molar-refractivity contribution in [3.8, 4) is 0 Å². The van der Waals surface area contributed by atoms with E-state index < -0.39 is 18.4 Å². The van der Waals surface area contributed by atoms with Crippen LogP contribution in [0.3, 0.4) is 0 Å². The van der Waals surface area contributed by atoms with Crippen molar-refractivity contribution in [1.29, 1.82) is 0 Å². The van der Waals surface area contributed by atoms with Crippen molar-refractivity contribution in [3.63, 3.8) is 0 Å². The highest BCUT2D eigenvalue weighted by molar-refractivity contribution is 5.71. The summed E-state index contributed by atoms with van der Waals surface area (Å²) >= 11 is 0. The van der Waals surface area contributed by atoms with E-state index in [4.69, 9.17) is 18.9 Å². The van der Waals surface area contributed by atoms with E-state index in [0.29, 0.717) is 17.4 Å². The molecule has 0 saturated heterocycles. The van der Waals surface area contributed by atoms with Crippen LogP contribution in [0.4, 0.5) is 0 Å². The standard InChI is InChI=1S/C73H137NO8/c1-6-8-10-12-14-16-18-20-22-24-26-28-30-32-34-35-36-37-38-40-42-44-46-48-50-52-54-56-58-60-62-64-71(76)82-69(68-81-73(72(77)78)79-66-65-74(3,4)5)67-80-70(75)63-61-59-57-55-53-51-49-47-45-43-41-39-33-31-29-27-25-23-21-19-17-15-13-11-9-7-2/h18,20,24,26,30,32,69,73H,6-17,19,21-23,25,27-29,31,33-68H2,1-5H3/p+1/b20-18-,26-24-,32-30-. The monoisotopic (exact) mass is 1160 g/mol. The number of carboxylic acids is 1. The molecule has 0 amide bonds. The number of likely N-dealkylation sites (N-methyl/N-ethyl adjacent to an activating group) is 1. The Kier molecular flexibility index (Phi) is 62.5. The van der Waals surface area contributed by atoms with Crippen LogP contribution in [0.2, 0.25) is 0 Å². The number of carbonyl (C=O) groups excluding carboxylic acids is 2. The Morgan fingerprint density at radius 1 is 0.366 bits per heavy atom. The van der Waals surface area contributed by atoms with Gasteiger partial charge in [-0.15, -0.1) is 0 Å². The molecule has 482 valence electrons. The predicted octanol–water partition coefficient (Wildman–Crippen LogP) is 22.0. The zero-order valence-corrected chi connectivity index (χ0v) is 55.2. The Morgan fingerprint density at radius 2 is 0.659 bits per heavy atom. The Balaban J connectivity index is 4.07. The SMILES string of the molecule is CCCCCCC/C=C\C/C=C\C/C=C\CCCCCCCCCCCCCCCCCCC(=O)OC(COC(=O)CCCCCCCCCCCCCCCCCCCCCCCCCCCC)COC(OCC[N+](C)(C)C)C(=O)O. The van der Waals surface area contributed by atoms with Crippen LogP contribution in [0.1, 0.15) is 354 Å². The molecule has 0 aliphatic rings. The number of allylic oxidation sites excluding steroid dienone is 6. The van der Waals surface area contributed by atoms with E-state index in [1.807, 2.05) is 21.1 Å². The molecule has 2 unspecified atom stereocenters. The molecule has 0 fully saturated rings. The molecule has 0 bridgehead atoms. The molecule has 0 saturated carbocycles. The molecule has 0 rings (SSSR count). The summed E-state index contributed by atoms with van der Waals surface area (Å²) in [4.78, 5) is 37.6. The molecule has 0 aliphatic carbocycles. The maximum absolute atomic E-state index is 12.9. The molecule has 0 aromatic carbocycles. The van der Waals surface area contributed by atoms with Gasteiger partial charge in [-0.2, -0.15) is 0 Å². The first kappa shape index (κ1) is 79.5. The number of carboxylic acid groups (broad SMARTS) is 1. The second kappa shape index (κ2) is 64.5. The van der Waals surface area contributed by atoms with Crippen molar-refractivity contribution in [3.05, 3.63) is 36.5 Å². The number of hydrogen-bond donors (Lipinski definition) is 1. The summed E-state index contributed by atoms with van der Waals surface area (Å²) in [7, 11) is 5.99. The number of ether oxygens (including phenoxy) is 4. The number of hydrogen-bond acceptors (Lipinski definition) is 7. The van der Waals surface area contributed by atoms with Crippen LogP contribution in [0, 0.1) is 0 Å². The zero-order chi connectivity index (χ0) is 59.8. The van der Waals surface area contributed by atoms with Gasteiger partial charge in [-0.3, -0.25) is 9.59 Å². The van der Waals surface area contributed by atoms with Crippen molar-refractivity contribution < 1.29 is 42.9 Å². The summed E-state index contributed by atoms with van der Waals surface area (Å²) in [5, 5.41) is 9.75. The molecule has 82 heavy (non-hydrogen) atoms. The van der Waals surface area contributed by atoms with Gasteiger partial charge in [0.2, 0.25) is 0 Å². The smallest absolute Gasteiger partial charge is 0.361 e. The number of quaternary nitrogens is 1. The van der Waals surface area contributed by atoms with E-state index in [-0.39, 0.29) is 38.2 Å². The second-order valence-corrected chi connectivity index (χ2v) is 25.6. The van der Waals surface area contributed by atoms with E-state index in [1.165, 1.54) is 276 Å². The van der Waals surface area contributed by atoms with Gasteiger partial charge in [-0.1, -0.05) is 326 Å². The van der Waals surface area contributed by atoms with E-state index in [1.54, 1.807) is 0 Å². The van der Waals surface area contributed by atoms with Crippen LogP contribution in [-0.2, 0) is 33.3 Å². The first-order valence-electron chi connectivity index (χ1n) is 35.7. The summed E-state index contributed by atoms with van der Waals surface area (Å²) in [5.74, 6) is -1.98. The van der Waals surface area contributed by atoms with Crippen LogP contribution >= 0.6 is 0 Å². The Labute approximate surface area is 509 Å². The normalized spacial score (nSPS) is 12.8. The lowest BCUT2D eigenvalue weighted by Crippen LogP contribution is -2.40. The average Bonchev–Trinajstić information content (AvgIpc) is 3.45. The molecule has 0 radical (unpaired) electrons. The summed E-state index contributed by atoms with van der Waals surface area (Å²) in [6, 6.07) is 0. The fourth-order valence-electron chi connectivity index (χ4n) is 10.7. The number of rotatable bonds is 67. The summed E-state index contributed by atoms with van der Waals surface area (Å²) in [6.07, 6.45) is 78.3. The third kappa shape index (κ3) is 65.1. The fraction of sp³-hybridized carbons (Fsp3) is 0.877. The maximum atomic E-state index is 12.9. The van der Waals surface area contributed by atoms with Gasteiger partial charge < -0.3 is 28.5 Å². The molecular weight excluding hydrogens is 1020 g/mol. The third-order valence-electron chi connectivity index (χ3n) is 16.1. The first-order valence-corrected chi connectivity index (χ1v) is 35.7. The second-order valence-electron chi connectivity index (χ2n) is 25.6. The number of unbranched alkanes of at least 4 members (excludes halogenated alkanes) is 46. The molecule has 0 aromatic rings. The maximum Gasteiger partial charge on any atom is 0.361 e. The molecule has 0 aliphatic heterocycles. The van der Waals surface area contributed by atoms with Gasteiger partial charge >= 0.3 is 17.9 Å². The molecule has 9 nitrogen and oxygen atoms in total. The summed E-state index contributed by atoms with van der Waals surface area (Å²) in [6.45, 7) is 4.94. The third-order valence-corrected chi connectivity index (χ3v) is 16.1. The van der Waals surface area contributed by atoms with Crippen LogP contribution in [0.15, 0.2) is 36.5 Å². The highest BCUT2D eigenvalue weighted by Gasteiger charge is 2.25. The number of esters is 2.